The normalized spacial score (nSPS) is 23.7. The maximum absolute atomic E-state index is 5.98. The molecular weight excluding hydrogens is 399 g/mol. The van der Waals surface area contributed by atoms with Gasteiger partial charge in [-0.2, -0.15) is 0 Å². The van der Waals surface area contributed by atoms with Gasteiger partial charge in [-0.3, -0.25) is 4.99 Å². The van der Waals surface area contributed by atoms with Crippen LogP contribution in [0.25, 0.3) is 0 Å². The Morgan fingerprint density at radius 2 is 1.94 bits per heavy atom. The molecule has 0 aliphatic carbocycles. The number of thioether (sulfide) groups is 1. The van der Waals surface area contributed by atoms with Crippen molar-refractivity contribution in [2.45, 2.75) is 19.9 Å². The summed E-state index contributed by atoms with van der Waals surface area (Å²) in [6.07, 6.45) is 0. The minimum atomic E-state index is 0.360. The quantitative estimate of drug-likeness (QED) is 0.667. The maximum atomic E-state index is 5.98. The molecule has 1 aromatic rings. The van der Waals surface area contributed by atoms with Gasteiger partial charge in [-0.1, -0.05) is 30.3 Å². The van der Waals surface area contributed by atoms with Gasteiger partial charge in [0.1, 0.15) is 0 Å². The number of anilines is 1. The molecule has 2 nitrogen and oxygen atoms in total. The lowest BCUT2D eigenvalue weighted by atomic mass is 10.1. The van der Waals surface area contributed by atoms with Crippen LogP contribution in [-0.2, 0) is 0 Å². The predicted octanol–water partition coefficient (Wildman–Crippen LogP) is 5.40. The van der Waals surface area contributed by atoms with E-state index in [-0.39, 0.29) is 0 Å². The van der Waals surface area contributed by atoms with Crippen LogP contribution in [0.1, 0.15) is 13.8 Å². The first kappa shape index (κ1) is 14.7. The van der Waals surface area contributed by atoms with E-state index in [1.54, 1.807) is 11.8 Å². The lowest BCUT2D eigenvalue weighted by Crippen LogP contribution is -2.25. The molecule has 1 aliphatic rings. The van der Waals surface area contributed by atoms with Crippen LogP contribution in [-0.4, -0.2) is 17.0 Å². The number of hydrogen-bond donors (Lipinski definition) is 1. The molecule has 2 unspecified atom stereocenters. The van der Waals surface area contributed by atoms with Crippen molar-refractivity contribution in [2.24, 2.45) is 10.9 Å². The van der Waals surface area contributed by atoms with E-state index in [0.29, 0.717) is 17.0 Å². The summed E-state index contributed by atoms with van der Waals surface area (Å²) in [5, 5.41) is 5.01. The second kappa shape index (κ2) is 6.16. The number of nitrogens with one attached hydrogen (secondary N) is 1. The lowest BCUT2D eigenvalue weighted by Gasteiger charge is -2.24. The van der Waals surface area contributed by atoms with Crippen molar-refractivity contribution in [3.63, 3.8) is 0 Å². The number of amidine groups is 1. The number of halogens is 3. The van der Waals surface area contributed by atoms with Crippen LogP contribution in [0.3, 0.4) is 0 Å². The van der Waals surface area contributed by atoms with Gasteiger partial charge in [0.2, 0.25) is 0 Å². The van der Waals surface area contributed by atoms with Gasteiger partial charge in [0, 0.05) is 19.7 Å². The fraction of sp³-hybridized carbons (Fsp3) is 0.417. The van der Waals surface area contributed by atoms with Crippen LogP contribution in [0.4, 0.5) is 5.69 Å². The summed E-state index contributed by atoms with van der Waals surface area (Å²) in [6.45, 7) is 4.38. The van der Waals surface area contributed by atoms with Gasteiger partial charge in [-0.05, 0) is 56.8 Å². The number of rotatable bonds is 1. The fourth-order valence-corrected chi connectivity index (χ4v) is 4.52. The molecule has 1 N–H and O–H groups in total. The third-order valence-electron chi connectivity index (χ3n) is 2.87. The Morgan fingerprint density at radius 1 is 1.33 bits per heavy atom. The molecule has 1 aliphatic heterocycles. The van der Waals surface area contributed by atoms with E-state index in [1.165, 1.54) is 0 Å². The number of nitrogens with zero attached hydrogens (tertiary/aromatic N) is 1. The summed E-state index contributed by atoms with van der Waals surface area (Å²) in [6, 6.07) is 4.10. The Hall–Kier alpha value is 0.290. The Bertz CT molecular complexity index is 470. The van der Waals surface area contributed by atoms with E-state index in [0.717, 1.165) is 25.6 Å². The van der Waals surface area contributed by atoms with Crippen molar-refractivity contribution >= 4 is 66.1 Å². The third-order valence-corrected chi connectivity index (χ3v) is 5.51. The molecular formula is C12H13Br2ClN2S. The zero-order valence-electron chi connectivity index (χ0n) is 10.0. The van der Waals surface area contributed by atoms with Crippen molar-refractivity contribution in [3.05, 3.63) is 26.1 Å². The molecule has 0 bridgehead atoms. The van der Waals surface area contributed by atoms with E-state index < -0.39 is 0 Å². The predicted molar refractivity (Wildman–Crippen MR) is 89.0 cm³/mol. The van der Waals surface area contributed by atoms with E-state index in [2.05, 4.69) is 56.0 Å². The zero-order chi connectivity index (χ0) is 13.3. The zero-order valence-corrected chi connectivity index (χ0v) is 14.8. The Labute approximate surface area is 133 Å². The van der Waals surface area contributed by atoms with Crippen molar-refractivity contribution in [2.75, 3.05) is 11.1 Å². The van der Waals surface area contributed by atoms with Crippen LogP contribution in [0, 0.1) is 5.92 Å². The molecule has 1 heterocycles. The molecule has 2 atom stereocenters. The fourth-order valence-electron chi connectivity index (χ4n) is 1.54. The molecule has 6 heteroatoms. The highest BCUT2D eigenvalue weighted by Crippen LogP contribution is 2.35. The smallest absolute Gasteiger partial charge is 0.161 e. The number of benzene rings is 1. The van der Waals surface area contributed by atoms with E-state index in [9.17, 15) is 0 Å². The Morgan fingerprint density at radius 3 is 2.50 bits per heavy atom. The van der Waals surface area contributed by atoms with Crippen molar-refractivity contribution in [3.8, 4) is 0 Å². The van der Waals surface area contributed by atoms with Gasteiger partial charge >= 0.3 is 0 Å². The first-order valence-corrected chi connectivity index (χ1v) is 8.54. The molecule has 18 heavy (non-hydrogen) atoms. The highest BCUT2D eigenvalue weighted by molar-refractivity contribution is 9.11. The number of aliphatic imine (C=N–C) groups is 1. The number of hydrogen-bond acceptors (Lipinski definition) is 3. The first-order valence-electron chi connectivity index (χ1n) is 5.59. The molecule has 0 aromatic heterocycles. The molecule has 0 saturated carbocycles. The van der Waals surface area contributed by atoms with Gasteiger partial charge in [0.25, 0.3) is 0 Å². The average Bonchev–Trinajstić information content (AvgIpc) is 2.28. The summed E-state index contributed by atoms with van der Waals surface area (Å²) >= 11 is 14.8. The van der Waals surface area contributed by atoms with E-state index in [1.807, 2.05) is 12.1 Å². The van der Waals surface area contributed by atoms with E-state index >= 15 is 0 Å². The summed E-state index contributed by atoms with van der Waals surface area (Å²) in [5.41, 5.74) is 0.965. The lowest BCUT2D eigenvalue weighted by molar-refractivity contribution is 0.537. The molecule has 0 saturated heterocycles. The Kier molecular flexibility index (Phi) is 5.03. The summed E-state index contributed by atoms with van der Waals surface area (Å²) in [7, 11) is 0. The minimum absolute atomic E-state index is 0.360. The monoisotopic (exact) mass is 410 g/mol. The van der Waals surface area contributed by atoms with Gasteiger partial charge in [-0.15, -0.1) is 0 Å². The molecule has 1 aromatic carbocycles. The van der Waals surface area contributed by atoms with Gasteiger partial charge in [0.05, 0.1) is 11.7 Å². The summed E-state index contributed by atoms with van der Waals surface area (Å²) in [5.74, 6) is 1.72. The van der Waals surface area contributed by atoms with Gasteiger partial charge < -0.3 is 5.32 Å². The highest BCUT2D eigenvalue weighted by Gasteiger charge is 2.20. The first-order chi connectivity index (χ1) is 8.47. The van der Waals surface area contributed by atoms with Crippen molar-refractivity contribution in [1.82, 2.24) is 0 Å². The molecule has 0 spiro atoms. The second-order valence-electron chi connectivity index (χ2n) is 4.33. The molecule has 0 radical (unpaired) electrons. The van der Waals surface area contributed by atoms with Crippen molar-refractivity contribution < 1.29 is 0 Å². The molecule has 0 fully saturated rings. The van der Waals surface area contributed by atoms with Crippen molar-refractivity contribution in [1.29, 1.82) is 0 Å². The minimum Gasteiger partial charge on any atom is -0.333 e. The second-order valence-corrected chi connectivity index (χ2v) is 7.49. The largest absolute Gasteiger partial charge is 0.333 e. The van der Waals surface area contributed by atoms with Gasteiger partial charge in [0.15, 0.2) is 5.17 Å². The summed E-state index contributed by atoms with van der Waals surface area (Å²) in [4.78, 5) is 4.66. The van der Waals surface area contributed by atoms with Gasteiger partial charge in [-0.25, -0.2) is 0 Å². The van der Waals surface area contributed by atoms with Crippen LogP contribution in [0.5, 0.6) is 0 Å². The van der Waals surface area contributed by atoms with Crippen LogP contribution in [0.15, 0.2) is 26.1 Å². The standard InChI is InChI=1S/C12H13Br2ClN2S/c1-6-5-18-12(16-7(6)2)17-11-9(13)3-8(15)4-10(11)14/h3-4,6-7H,5H2,1-2H3,(H,16,17). The molecule has 98 valence electrons. The van der Waals surface area contributed by atoms with E-state index in [4.69, 9.17) is 11.6 Å². The van der Waals surface area contributed by atoms with Crippen LogP contribution in [0.2, 0.25) is 5.02 Å². The topological polar surface area (TPSA) is 24.4 Å². The van der Waals surface area contributed by atoms with Crippen LogP contribution >= 0.6 is 55.2 Å². The maximum Gasteiger partial charge on any atom is 0.161 e. The Balaban J connectivity index is 2.23. The SMILES string of the molecule is CC1CSC(Nc2c(Br)cc(Cl)cc2Br)=NC1C. The molecule has 0 amide bonds. The summed E-state index contributed by atoms with van der Waals surface area (Å²) < 4.78 is 1.85. The third kappa shape index (κ3) is 3.44. The highest BCUT2D eigenvalue weighted by atomic mass is 79.9. The average molecular weight is 413 g/mol. The molecule has 2 rings (SSSR count). The van der Waals surface area contributed by atoms with Crippen LogP contribution < -0.4 is 5.32 Å².